The first-order valence-corrected chi connectivity index (χ1v) is 17.7. The van der Waals surface area contributed by atoms with Gasteiger partial charge in [0.1, 0.15) is 31.0 Å². The highest BCUT2D eigenvalue weighted by Gasteiger charge is 2.44. The van der Waals surface area contributed by atoms with Crippen molar-refractivity contribution in [2.75, 3.05) is 38.7 Å². The van der Waals surface area contributed by atoms with Crippen molar-refractivity contribution in [3.8, 4) is 35.7 Å². The molecule has 2 aliphatic heterocycles. The Morgan fingerprint density at radius 3 is 2.83 bits per heavy atom. The molecule has 276 valence electrons. The van der Waals surface area contributed by atoms with Crippen molar-refractivity contribution < 1.29 is 32.9 Å². The number of halogens is 2. The molecule has 7 rings (SSSR count). The molecule has 1 saturated heterocycles. The minimum atomic E-state index is -1.05. The van der Waals surface area contributed by atoms with Crippen molar-refractivity contribution in [3.05, 3.63) is 84.0 Å². The lowest BCUT2D eigenvalue weighted by molar-refractivity contribution is -0.129. The third-order valence-electron chi connectivity index (χ3n) is 10.8. The number of carbonyl (C=O) groups is 1. The van der Waals surface area contributed by atoms with Crippen LogP contribution < -0.4 is 19.5 Å². The van der Waals surface area contributed by atoms with Crippen molar-refractivity contribution in [1.29, 1.82) is 0 Å². The molecule has 2 aromatic heterocycles. The van der Waals surface area contributed by atoms with Crippen LogP contribution >= 0.6 is 0 Å². The van der Waals surface area contributed by atoms with Crippen LogP contribution in [-0.4, -0.2) is 86.4 Å². The van der Waals surface area contributed by atoms with Crippen molar-refractivity contribution in [3.63, 3.8) is 0 Å². The molecule has 1 amide bonds. The fraction of sp³-hybridized carbons (Fsp3) is 0.400. The maximum absolute atomic E-state index is 15.0. The Morgan fingerprint density at radius 2 is 2.09 bits per heavy atom. The quantitative estimate of drug-likeness (QED) is 0.138. The number of nitrogens with one attached hydrogen (secondary N) is 1. The van der Waals surface area contributed by atoms with Crippen molar-refractivity contribution in [1.82, 2.24) is 24.8 Å². The first kappa shape index (κ1) is 35.9. The molecular formula is C40H42F2N6O5. The zero-order chi connectivity index (χ0) is 37.3. The van der Waals surface area contributed by atoms with Crippen molar-refractivity contribution in [2.45, 2.75) is 68.9 Å². The van der Waals surface area contributed by atoms with Gasteiger partial charge in [0.2, 0.25) is 11.7 Å². The number of fused-ring (bicyclic) bond motifs is 2. The minimum Gasteiger partial charge on any atom is -0.508 e. The van der Waals surface area contributed by atoms with Crippen molar-refractivity contribution >= 4 is 22.5 Å². The summed E-state index contributed by atoms with van der Waals surface area (Å²) >= 11 is 0. The molecule has 53 heavy (non-hydrogen) atoms. The van der Waals surface area contributed by atoms with Gasteiger partial charge in [-0.2, -0.15) is 9.97 Å². The number of rotatable bonds is 11. The highest BCUT2D eigenvalue weighted by Crippen LogP contribution is 2.44. The van der Waals surface area contributed by atoms with Gasteiger partial charge in [0.15, 0.2) is 11.9 Å². The molecule has 1 unspecified atom stereocenters. The third kappa shape index (κ3) is 7.03. The second kappa shape index (κ2) is 14.5. The topological polar surface area (TPSA) is 122 Å². The molecule has 0 radical (unpaired) electrons. The number of phenolic OH excluding ortho intramolecular Hbond substituents is 1. The van der Waals surface area contributed by atoms with Gasteiger partial charge in [-0.05, 0) is 61.1 Å². The van der Waals surface area contributed by atoms with Gasteiger partial charge in [-0.3, -0.25) is 14.7 Å². The molecule has 0 spiro atoms. The van der Waals surface area contributed by atoms with Gasteiger partial charge in [0.05, 0.1) is 16.6 Å². The summed E-state index contributed by atoms with van der Waals surface area (Å²) in [5.74, 6) is 2.17. The lowest BCUT2D eigenvalue weighted by Gasteiger charge is -2.39. The molecule has 0 bridgehead atoms. The van der Waals surface area contributed by atoms with Crippen LogP contribution in [0.15, 0.2) is 61.4 Å². The molecule has 1 aliphatic carbocycles. The molecule has 2 fully saturated rings. The molecule has 2 aromatic carbocycles. The summed E-state index contributed by atoms with van der Waals surface area (Å²) in [4.78, 5) is 30.0. The molecule has 3 aliphatic rings. The summed E-state index contributed by atoms with van der Waals surface area (Å²) in [6.07, 6.45) is 12.3. The second-order valence-electron chi connectivity index (χ2n) is 14.3. The molecule has 4 aromatic rings. The van der Waals surface area contributed by atoms with E-state index in [4.69, 9.17) is 25.6 Å². The molecule has 3 atom stereocenters. The van der Waals surface area contributed by atoms with Gasteiger partial charge < -0.3 is 29.5 Å². The number of hydrogen-bond donors (Lipinski definition) is 2. The maximum Gasteiger partial charge on any atom is 0.322 e. The number of nitrogens with zero attached hydrogens (tertiary/aromatic N) is 5. The second-order valence-corrected chi connectivity index (χ2v) is 14.3. The van der Waals surface area contributed by atoms with E-state index in [2.05, 4.69) is 27.8 Å². The number of amides is 1. The normalized spacial score (nSPS) is 21.9. The predicted molar refractivity (Wildman–Crippen MR) is 195 cm³/mol. The van der Waals surface area contributed by atoms with Gasteiger partial charge in [-0.15, -0.1) is 6.42 Å². The van der Waals surface area contributed by atoms with E-state index in [1.807, 2.05) is 24.0 Å². The number of carbonyl (C=O) groups excluding carboxylic acids is 1. The SMILES string of the molecule is C#Cc1c(F)ccc2cc(O)cc(C3COc4c(NCC5(N(C)C(=O)C=C)CCCC5)nc(OC[C@]5(C)C[C@@H](F)CN5Cc5cccnc5)nc4O3)c12. The van der Waals surface area contributed by atoms with E-state index in [-0.39, 0.29) is 66.9 Å². The molecule has 1 saturated carbocycles. The van der Waals surface area contributed by atoms with E-state index in [0.29, 0.717) is 29.4 Å². The highest BCUT2D eigenvalue weighted by atomic mass is 19.1. The molecular weight excluding hydrogens is 682 g/mol. The van der Waals surface area contributed by atoms with Crippen LogP contribution in [-0.2, 0) is 11.3 Å². The van der Waals surface area contributed by atoms with E-state index < -0.39 is 29.2 Å². The van der Waals surface area contributed by atoms with Crippen LogP contribution in [0.3, 0.4) is 0 Å². The summed E-state index contributed by atoms with van der Waals surface area (Å²) in [7, 11) is 1.77. The number of likely N-dealkylation sites (N-methyl/N-ethyl adjacent to an activating group) is 1. The number of pyridine rings is 1. The number of terminal acetylenes is 1. The maximum atomic E-state index is 15.0. The van der Waals surface area contributed by atoms with Gasteiger partial charge in [-0.25, -0.2) is 8.78 Å². The number of likely N-dealkylation sites (tertiary alicyclic amines) is 1. The predicted octanol–water partition coefficient (Wildman–Crippen LogP) is 6.11. The van der Waals surface area contributed by atoms with Crippen LogP contribution in [0.25, 0.3) is 10.8 Å². The fourth-order valence-corrected chi connectivity index (χ4v) is 7.89. The number of aromatic hydroxyl groups is 1. The van der Waals surface area contributed by atoms with E-state index in [0.717, 1.165) is 31.2 Å². The van der Waals surface area contributed by atoms with E-state index in [1.165, 1.54) is 24.3 Å². The summed E-state index contributed by atoms with van der Waals surface area (Å²) in [6.45, 7) is 6.72. The monoisotopic (exact) mass is 724 g/mol. The smallest absolute Gasteiger partial charge is 0.322 e. The van der Waals surface area contributed by atoms with Crippen molar-refractivity contribution in [2.24, 2.45) is 0 Å². The van der Waals surface area contributed by atoms with Crippen LogP contribution in [0.4, 0.5) is 14.6 Å². The number of phenols is 1. The number of hydrogen-bond acceptors (Lipinski definition) is 10. The van der Waals surface area contributed by atoms with Crippen LogP contribution in [0.1, 0.15) is 61.8 Å². The third-order valence-corrected chi connectivity index (χ3v) is 10.8. The molecule has 13 heteroatoms. The number of alkyl halides is 1. The lowest BCUT2D eigenvalue weighted by atomic mass is 9.95. The first-order chi connectivity index (χ1) is 25.5. The summed E-state index contributed by atoms with van der Waals surface area (Å²) in [5.41, 5.74) is 0.210. The van der Waals surface area contributed by atoms with Gasteiger partial charge in [0, 0.05) is 56.4 Å². The highest BCUT2D eigenvalue weighted by molar-refractivity contribution is 5.93. The Bertz CT molecular complexity index is 2070. The van der Waals surface area contributed by atoms with Gasteiger partial charge in [-0.1, -0.05) is 37.5 Å². The average molecular weight is 725 g/mol. The van der Waals surface area contributed by atoms with Crippen LogP contribution in [0, 0.1) is 18.2 Å². The van der Waals surface area contributed by atoms with Crippen LogP contribution in [0.2, 0.25) is 0 Å². The molecule has 11 nitrogen and oxygen atoms in total. The zero-order valence-electron chi connectivity index (χ0n) is 29.8. The lowest BCUT2D eigenvalue weighted by Crippen LogP contribution is -2.51. The minimum absolute atomic E-state index is 0.0347. The average Bonchev–Trinajstić information content (AvgIpc) is 3.76. The number of ether oxygens (including phenoxy) is 3. The number of anilines is 1. The zero-order valence-corrected chi connectivity index (χ0v) is 29.8. The van der Waals surface area contributed by atoms with Gasteiger partial charge in [0.25, 0.3) is 5.88 Å². The number of benzene rings is 2. The Balaban J connectivity index is 1.22. The fourth-order valence-electron chi connectivity index (χ4n) is 7.89. The standard InChI is InChI=1S/C40H42F2N6O5/c1-5-29-31(42)12-11-26-16-28(49)17-30(34(26)29)32-22-51-35-36(44-23-40(13-7-8-14-40)47(4)33(50)6-2)45-38(46-37(35)53-32)52-24-39(3)18-27(41)21-48(39)20-25-10-9-15-43-19-25/h1,6,9-12,15-17,19,27,32,49H,2,7-8,13-14,18,20-24H2,3-4H3,(H,44,45,46)/t27-,32?,39+/m1/s1. The van der Waals surface area contributed by atoms with Crippen LogP contribution in [0.5, 0.6) is 23.4 Å². The van der Waals surface area contributed by atoms with E-state index >= 15 is 0 Å². The Morgan fingerprint density at radius 1 is 1.28 bits per heavy atom. The molecule has 4 heterocycles. The largest absolute Gasteiger partial charge is 0.508 e. The summed E-state index contributed by atoms with van der Waals surface area (Å²) < 4.78 is 48.9. The van der Waals surface area contributed by atoms with E-state index in [1.54, 1.807) is 30.4 Å². The Kier molecular flexibility index (Phi) is 9.83. The van der Waals surface area contributed by atoms with Gasteiger partial charge >= 0.3 is 6.01 Å². The number of aromatic nitrogens is 3. The van der Waals surface area contributed by atoms with E-state index in [9.17, 15) is 18.7 Å². The Labute approximate surface area is 307 Å². The molecule has 2 N–H and O–H groups in total. The first-order valence-electron chi connectivity index (χ1n) is 17.7. The summed E-state index contributed by atoms with van der Waals surface area (Å²) in [6, 6.07) is 9.54. The Hall–Kier alpha value is -5.48. The summed E-state index contributed by atoms with van der Waals surface area (Å²) in [5, 5.41) is 15.0.